The standard InChI is InChI=1S/C19H13F4N3O4/c1-28-16-7-11(20)4-5-14(16)29-15-8-17(19(21,22)23)25-10-13(15)18(27)26-30-12-3-2-6-24-9-12/h2-10H,1H3,(H,26,27). The molecule has 30 heavy (non-hydrogen) atoms. The van der Waals surface area contributed by atoms with Gasteiger partial charge in [0.1, 0.15) is 22.8 Å². The number of halogens is 4. The maximum absolute atomic E-state index is 13.4. The fourth-order valence-electron chi connectivity index (χ4n) is 2.26. The van der Waals surface area contributed by atoms with E-state index in [1.807, 2.05) is 0 Å². The van der Waals surface area contributed by atoms with E-state index in [1.165, 1.54) is 25.6 Å². The van der Waals surface area contributed by atoms with E-state index in [4.69, 9.17) is 14.3 Å². The fourth-order valence-corrected chi connectivity index (χ4v) is 2.26. The van der Waals surface area contributed by atoms with Crippen LogP contribution in [-0.4, -0.2) is 23.0 Å². The number of hydrogen-bond donors (Lipinski definition) is 1. The number of hydroxylamine groups is 1. The zero-order valence-electron chi connectivity index (χ0n) is 15.2. The van der Waals surface area contributed by atoms with E-state index in [-0.39, 0.29) is 22.8 Å². The van der Waals surface area contributed by atoms with Gasteiger partial charge in [-0.05, 0) is 24.3 Å². The van der Waals surface area contributed by atoms with Crippen molar-refractivity contribution in [2.45, 2.75) is 6.18 Å². The topological polar surface area (TPSA) is 82.6 Å². The molecule has 2 heterocycles. The molecule has 0 aliphatic rings. The second-order valence-corrected chi connectivity index (χ2v) is 5.68. The van der Waals surface area contributed by atoms with Crippen molar-refractivity contribution >= 4 is 5.91 Å². The summed E-state index contributed by atoms with van der Waals surface area (Å²) in [7, 11) is 1.23. The third-order valence-corrected chi connectivity index (χ3v) is 3.64. The predicted molar refractivity (Wildman–Crippen MR) is 94.6 cm³/mol. The Morgan fingerprint density at radius 3 is 2.53 bits per heavy atom. The number of rotatable bonds is 6. The van der Waals surface area contributed by atoms with Crippen LogP contribution in [0.4, 0.5) is 17.6 Å². The molecule has 1 N–H and O–H groups in total. The molecule has 0 unspecified atom stereocenters. The first-order valence-electron chi connectivity index (χ1n) is 8.24. The molecule has 0 saturated heterocycles. The molecule has 156 valence electrons. The van der Waals surface area contributed by atoms with E-state index in [9.17, 15) is 22.4 Å². The van der Waals surface area contributed by atoms with E-state index in [1.54, 1.807) is 6.07 Å². The van der Waals surface area contributed by atoms with Crippen LogP contribution in [0.3, 0.4) is 0 Å². The third-order valence-electron chi connectivity index (χ3n) is 3.64. The molecule has 2 aromatic heterocycles. The number of pyridine rings is 2. The number of nitrogens with zero attached hydrogens (tertiary/aromatic N) is 2. The van der Waals surface area contributed by atoms with Gasteiger partial charge in [-0.15, -0.1) is 0 Å². The number of carbonyl (C=O) groups is 1. The minimum absolute atomic E-state index is 0.0849. The number of amides is 1. The highest BCUT2D eigenvalue weighted by Gasteiger charge is 2.34. The lowest BCUT2D eigenvalue weighted by atomic mass is 10.2. The summed E-state index contributed by atoms with van der Waals surface area (Å²) in [4.78, 5) is 24.5. The summed E-state index contributed by atoms with van der Waals surface area (Å²) in [6.07, 6.45) is -1.30. The van der Waals surface area contributed by atoms with Gasteiger partial charge in [0.2, 0.25) is 0 Å². The van der Waals surface area contributed by atoms with E-state index >= 15 is 0 Å². The molecule has 0 aliphatic heterocycles. The average Bonchev–Trinajstić information content (AvgIpc) is 2.73. The van der Waals surface area contributed by atoms with Crippen molar-refractivity contribution in [1.82, 2.24) is 15.4 Å². The average molecular weight is 423 g/mol. The van der Waals surface area contributed by atoms with Gasteiger partial charge < -0.3 is 14.3 Å². The first-order valence-corrected chi connectivity index (χ1v) is 8.24. The Morgan fingerprint density at radius 1 is 1.07 bits per heavy atom. The van der Waals surface area contributed by atoms with Crippen molar-refractivity contribution in [2.24, 2.45) is 0 Å². The highest BCUT2D eigenvalue weighted by atomic mass is 19.4. The Hall–Kier alpha value is -3.89. The van der Waals surface area contributed by atoms with Crippen LogP contribution in [-0.2, 0) is 6.18 Å². The quantitative estimate of drug-likeness (QED) is 0.474. The Kier molecular flexibility index (Phi) is 6.00. The zero-order chi connectivity index (χ0) is 21.7. The molecule has 1 aromatic carbocycles. The van der Waals surface area contributed by atoms with E-state index in [2.05, 4.69) is 15.4 Å². The second-order valence-electron chi connectivity index (χ2n) is 5.68. The first kappa shape index (κ1) is 20.8. The minimum Gasteiger partial charge on any atom is -0.493 e. The van der Waals surface area contributed by atoms with Crippen LogP contribution in [0.2, 0.25) is 0 Å². The van der Waals surface area contributed by atoms with Gasteiger partial charge in [-0.3, -0.25) is 14.8 Å². The van der Waals surface area contributed by atoms with Gasteiger partial charge in [-0.1, -0.05) is 0 Å². The van der Waals surface area contributed by atoms with Gasteiger partial charge in [0.25, 0.3) is 5.91 Å². The molecule has 0 atom stereocenters. The Labute approximate surface area is 167 Å². The number of nitrogens with one attached hydrogen (secondary N) is 1. The van der Waals surface area contributed by atoms with Gasteiger partial charge in [0.15, 0.2) is 17.2 Å². The molecular weight excluding hydrogens is 410 g/mol. The highest BCUT2D eigenvalue weighted by molar-refractivity contribution is 5.96. The normalized spacial score (nSPS) is 11.0. The van der Waals surface area contributed by atoms with Crippen molar-refractivity contribution in [3.05, 3.63) is 72.1 Å². The lowest BCUT2D eigenvalue weighted by molar-refractivity contribution is -0.141. The molecule has 1 amide bonds. The Bertz CT molecular complexity index is 1050. The largest absolute Gasteiger partial charge is 0.493 e. The summed E-state index contributed by atoms with van der Waals surface area (Å²) in [6, 6.07) is 6.74. The molecular formula is C19H13F4N3O4. The number of methoxy groups -OCH3 is 1. The van der Waals surface area contributed by atoms with Gasteiger partial charge in [-0.2, -0.15) is 18.7 Å². The lowest BCUT2D eigenvalue weighted by Gasteiger charge is -2.15. The van der Waals surface area contributed by atoms with Crippen molar-refractivity contribution in [3.8, 4) is 23.0 Å². The van der Waals surface area contributed by atoms with Crippen LogP contribution in [0.1, 0.15) is 16.1 Å². The van der Waals surface area contributed by atoms with Crippen molar-refractivity contribution < 1.29 is 36.7 Å². The molecule has 3 rings (SSSR count). The molecule has 0 saturated carbocycles. The van der Waals surface area contributed by atoms with Crippen molar-refractivity contribution in [2.75, 3.05) is 7.11 Å². The smallest absolute Gasteiger partial charge is 0.433 e. The van der Waals surface area contributed by atoms with E-state index in [0.29, 0.717) is 12.3 Å². The first-order chi connectivity index (χ1) is 14.3. The highest BCUT2D eigenvalue weighted by Crippen LogP contribution is 2.36. The summed E-state index contributed by atoms with van der Waals surface area (Å²) in [5.41, 5.74) is 0.415. The Balaban J connectivity index is 1.93. The molecule has 7 nitrogen and oxygen atoms in total. The SMILES string of the molecule is COc1cc(F)ccc1Oc1cc(C(F)(F)F)ncc1C(=O)NOc1cccnc1. The van der Waals surface area contributed by atoms with Crippen LogP contribution in [0.25, 0.3) is 0 Å². The van der Waals surface area contributed by atoms with E-state index < -0.39 is 29.3 Å². The zero-order valence-corrected chi connectivity index (χ0v) is 15.2. The van der Waals surface area contributed by atoms with Crippen LogP contribution >= 0.6 is 0 Å². The van der Waals surface area contributed by atoms with Crippen molar-refractivity contribution in [3.63, 3.8) is 0 Å². The number of hydrogen-bond acceptors (Lipinski definition) is 6. The molecule has 0 fully saturated rings. The summed E-state index contributed by atoms with van der Waals surface area (Å²) in [5, 5.41) is 0. The molecule has 3 aromatic rings. The minimum atomic E-state index is -4.79. The number of ether oxygens (including phenoxy) is 2. The van der Waals surface area contributed by atoms with Gasteiger partial charge in [-0.25, -0.2) is 4.39 Å². The van der Waals surface area contributed by atoms with Crippen LogP contribution in [0.5, 0.6) is 23.0 Å². The molecule has 0 radical (unpaired) electrons. The number of alkyl halides is 3. The predicted octanol–water partition coefficient (Wildman–Crippen LogP) is 4.16. The lowest BCUT2D eigenvalue weighted by Crippen LogP contribution is -2.27. The Morgan fingerprint density at radius 2 is 1.87 bits per heavy atom. The van der Waals surface area contributed by atoms with Crippen molar-refractivity contribution in [1.29, 1.82) is 0 Å². The maximum atomic E-state index is 13.4. The number of carbonyl (C=O) groups excluding carboxylic acids is 1. The molecule has 11 heteroatoms. The second kappa shape index (κ2) is 8.64. The number of benzene rings is 1. The van der Waals surface area contributed by atoms with Gasteiger partial charge in [0.05, 0.1) is 13.3 Å². The van der Waals surface area contributed by atoms with Crippen LogP contribution in [0.15, 0.2) is 55.0 Å². The summed E-state index contributed by atoms with van der Waals surface area (Å²) in [5.74, 6) is -2.08. The monoisotopic (exact) mass is 423 g/mol. The van der Waals surface area contributed by atoms with Gasteiger partial charge in [0, 0.05) is 24.5 Å². The molecule has 0 spiro atoms. The summed E-state index contributed by atoms with van der Waals surface area (Å²) in [6.45, 7) is 0. The van der Waals surface area contributed by atoms with Crippen LogP contribution in [0, 0.1) is 5.82 Å². The summed E-state index contributed by atoms with van der Waals surface area (Å²) < 4.78 is 63.0. The number of aromatic nitrogens is 2. The van der Waals surface area contributed by atoms with E-state index in [0.717, 1.165) is 18.2 Å². The van der Waals surface area contributed by atoms with Crippen LogP contribution < -0.4 is 19.8 Å². The third kappa shape index (κ3) is 4.93. The summed E-state index contributed by atoms with van der Waals surface area (Å²) >= 11 is 0. The fraction of sp³-hybridized carbons (Fsp3) is 0.105. The molecule has 0 aliphatic carbocycles. The molecule has 0 bridgehead atoms. The van der Waals surface area contributed by atoms with Gasteiger partial charge >= 0.3 is 6.18 Å². The maximum Gasteiger partial charge on any atom is 0.433 e.